The van der Waals surface area contributed by atoms with Crippen LogP contribution in [0.2, 0.25) is 0 Å². The summed E-state index contributed by atoms with van der Waals surface area (Å²) in [4.78, 5) is 13.7. The number of hydrogen-bond acceptors (Lipinski definition) is 3. The molecular weight excluding hydrogens is 208 g/mol. The van der Waals surface area contributed by atoms with Crippen LogP contribution in [0.1, 0.15) is 19.3 Å². The van der Waals surface area contributed by atoms with Crippen molar-refractivity contribution in [3.8, 4) is 0 Å². The number of allylic oxidation sites excluding steroid dienone is 2. The van der Waals surface area contributed by atoms with Crippen LogP contribution >= 0.6 is 0 Å². The fourth-order valence-corrected chi connectivity index (χ4v) is 1.89. The third kappa shape index (κ3) is 3.92. The first-order valence-corrected chi connectivity index (χ1v) is 5.37. The minimum atomic E-state index is -0.832. The molecule has 0 amide bonds. The van der Waals surface area contributed by atoms with E-state index >= 15 is 0 Å². The molecule has 6 heteroatoms. The van der Waals surface area contributed by atoms with E-state index in [4.69, 9.17) is 10.6 Å². The van der Waals surface area contributed by atoms with Gasteiger partial charge >= 0.3 is 5.97 Å². The molecule has 0 spiro atoms. The lowest BCUT2D eigenvalue weighted by molar-refractivity contribution is -0.141. The van der Waals surface area contributed by atoms with Crippen molar-refractivity contribution in [1.29, 1.82) is 0 Å². The second-order valence-electron chi connectivity index (χ2n) is 3.77. The zero-order valence-corrected chi connectivity index (χ0v) is 9.04. The summed E-state index contributed by atoms with van der Waals surface area (Å²) in [6.07, 6.45) is 6.73. The van der Waals surface area contributed by atoms with Crippen molar-refractivity contribution in [2.45, 2.75) is 25.3 Å². The van der Waals surface area contributed by atoms with Crippen molar-refractivity contribution < 1.29 is 9.90 Å². The molecule has 0 aromatic heterocycles. The molecule has 1 aliphatic carbocycles. The van der Waals surface area contributed by atoms with E-state index in [2.05, 4.69) is 21.4 Å². The minimum absolute atomic E-state index is 0.133. The zero-order valence-electron chi connectivity index (χ0n) is 9.04. The number of carboxylic acids is 1. The van der Waals surface area contributed by atoms with Gasteiger partial charge < -0.3 is 10.4 Å². The molecule has 0 radical (unpaired) electrons. The quantitative estimate of drug-likeness (QED) is 0.236. The van der Waals surface area contributed by atoms with Gasteiger partial charge in [-0.25, -0.2) is 0 Å². The molecule has 0 aromatic rings. The molecule has 0 saturated heterocycles. The van der Waals surface area contributed by atoms with Crippen LogP contribution in [0.5, 0.6) is 0 Å². The van der Waals surface area contributed by atoms with Gasteiger partial charge in [-0.15, -0.1) is 0 Å². The van der Waals surface area contributed by atoms with E-state index in [0.29, 0.717) is 6.54 Å². The van der Waals surface area contributed by atoms with Gasteiger partial charge in [0.2, 0.25) is 0 Å². The molecular formula is C10H16N4O2. The number of carbonyl (C=O) groups is 1. The summed E-state index contributed by atoms with van der Waals surface area (Å²) in [6.45, 7) is 0.685. The number of hydrogen-bond donors (Lipinski definition) is 2. The van der Waals surface area contributed by atoms with Gasteiger partial charge in [-0.1, -0.05) is 17.3 Å². The van der Waals surface area contributed by atoms with Gasteiger partial charge in [0.1, 0.15) is 6.04 Å². The SMILES string of the molecule is [N-]=[N+]=NCCNC(C(=O)O)C1CC=CCC1. The molecule has 0 bridgehead atoms. The summed E-state index contributed by atoms with van der Waals surface area (Å²) in [7, 11) is 0. The van der Waals surface area contributed by atoms with E-state index in [-0.39, 0.29) is 12.5 Å². The smallest absolute Gasteiger partial charge is 0.320 e. The highest BCUT2D eigenvalue weighted by Gasteiger charge is 2.27. The van der Waals surface area contributed by atoms with E-state index in [1.54, 1.807) is 0 Å². The molecule has 0 fully saturated rings. The van der Waals surface area contributed by atoms with E-state index in [9.17, 15) is 4.79 Å². The molecule has 0 aromatic carbocycles. The third-order valence-electron chi connectivity index (χ3n) is 2.69. The summed E-state index contributed by atoms with van der Waals surface area (Å²) in [5.41, 5.74) is 8.09. The Bertz CT molecular complexity index is 310. The molecule has 2 N–H and O–H groups in total. The molecule has 0 aliphatic heterocycles. The molecule has 1 aliphatic rings. The number of rotatable bonds is 6. The topological polar surface area (TPSA) is 98.1 Å². The second-order valence-corrected chi connectivity index (χ2v) is 3.77. The maximum atomic E-state index is 11.1. The Morgan fingerprint density at radius 2 is 2.50 bits per heavy atom. The average Bonchev–Trinajstić information content (AvgIpc) is 2.30. The number of nitrogens with one attached hydrogen (secondary N) is 1. The number of carboxylic acid groups (broad SMARTS) is 1. The van der Waals surface area contributed by atoms with E-state index < -0.39 is 12.0 Å². The predicted molar refractivity (Wildman–Crippen MR) is 59.9 cm³/mol. The summed E-state index contributed by atoms with van der Waals surface area (Å²) in [5, 5.41) is 15.4. The summed E-state index contributed by atoms with van der Waals surface area (Å²) >= 11 is 0. The van der Waals surface area contributed by atoms with Gasteiger partial charge in [0.15, 0.2) is 0 Å². The van der Waals surface area contributed by atoms with Crippen LogP contribution in [0, 0.1) is 5.92 Å². The summed E-state index contributed by atoms with van der Waals surface area (Å²) < 4.78 is 0. The van der Waals surface area contributed by atoms with Gasteiger partial charge in [0.25, 0.3) is 0 Å². The molecule has 2 unspecified atom stereocenters. The van der Waals surface area contributed by atoms with Gasteiger partial charge in [0.05, 0.1) is 0 Å². The van der Waals surface area contributed by atoms with Crippen molar-refractivity contribution in [2.75, 3.05) is 13.1 Å². The van der Waals surface area contributed by atoms with Gasteiger partial charge in [-0.05, 0) is 30.7 Å². The fraction of sp³-hybridized carbons (Fsp3) is 0.700. The van der Waals surface area contributed by atoms with Gasteiger partial charge in [-0.2, -0.15) is 0 Å². The second kappa shape index (κ2) is 6.87. The zero-order chi connectivity index (χ0) is 11.8. The third-order valence-corrected chi connectivity index (χ3v) is 2.69. The van der Waals surface area contributed by atoms with Crippen LogP contribution in [0.15, 0.2) is 17.3 Å². The van der Waals surface area contributed by atoms with E-state index in [0.717, 1.165) is 19.3 Å². The molecule has 2 atom stereocenters. The Hall–Kier alpha value is -1.52. The van der Waals surface area contributed by atoms with Crippen molar-refractivity contribution >= 4 is 5.97 Å². The fourth-order valence-electron chi connectivity index (χ4n) is 1.89. The molecule has 0 saturated carbocycles. The number of azide groups is 1. The predicted octanol–water partition coefficient (Wildman–Crippen LogP) is 1.70. The van der Waals surface area contributed by atoms with Crippen LogP contribution in [0.3, 0.4) is 0 Å². The average molecular weight is 224 g/mol. The Labute approximate surface area is 94.0 Å². The highest BCUT2D eigenvalue weighted by atomic mass is 16.4. The van der Waals surface area contributed by atoms with Crippen molar-refractivity contribution in [3.63, 3.8) is 0 Å². The molecule has 0 heterocycles. The molecule has 16 heavy (non-hydrogen) atoms. The molecule has 1 rings (SSSR count). The maximum Gasteiger partial charge on any atom is 0.320 e. The van der Waals surface area contributed by atoms with E-state index in [1.807, 2.05) is 6.08 Å². The van der Waals surface area contributed by atoms with Crippen molar-refractivity contribution in [1.82, 2.24) is 5.32 Å². The van der Waals surface area contributed by atoms with Crippen molar-refractivity contribution in [3.05, 3.63) is 22.6 Å². The highest BCUT2D eigenvalue weighted by molar-refractivity contribution is 5.73. The van der Waals surface area contributed by atoms with Crippen LogP contribution in [0.4, 0.5) is 0 Å². The Kier molecular flexibility index (Phi) is 5.39. The number of nitrogens with zero attached hydrogens (tertiary/aromatic N) is 3. The lowest BCUT2D eigenvalue weighted by Gasteiger charge is -2.25. The van der Waals surface area contributed by atoms with Crippen LogP contribution < -0.4 is 5.32 Å². The van der Waals surface area contributed by atoms with E-state index in [1.165, 1.54) is 0 Å². The first-order valence-electron chi connectivity index (χ1n) is 5.37. The monoisotopic (exact) mass is 224 g/mol. The lowest BCUT2D eigenvalue weighted by atomic mass is 9.87. The van der Waals surface area contributed by atoms with Crippen LogP contribution in [-0.2, 0) is 4.79 Å². The first-order chi connectivity index (χ1) is 7.75. The summed E-state index contributed by atoms with van der Waals surface area (Å²) in [5.74, 6) is -0.699. The minimum Gasteiger partial charge on any atom is -0.480 e. The standard InChI is InChI=1S/C10H16N4O2/c11-14-13-7-6-12-9(10(15)16)8-4-2-1-3-5-8/h1-2,8-9,12H,3-7H2,(H,15,16). The Morgan fingerprint density at radius 3 is 3.06 bits per heavy atom. The van der Waals surface area contributed by atoms with Crippen LogP contribution in [0.25, 0.3) is 10.4 Å². The van der Waals surface area contributed by atoms with Gasteiger partial charge in [0, 0.05) is 18.0 Å². The van der Waals surface area contributed by atoms with Crippen molar-refractivity contribution in [2.24, 2.45) is 11.0 Å². The Morgan fingerprint density at radius 1 is 1.69 bits per heavy atom. The first kappa shape index (κ1) is 12.5. The summed E-state index contributed by atoms with van der Waals surface area (Å²) in [6, 6.07) is -0.543. The largest absolute Gasteiger partial charge is 0.480 e. The Balaban J connectivity index is 2.43. The highest BCUT2D eigenvalue weighted by Crippen LogP contribution is 2.21. The maximum absolute atomic E-state index is 11.1. The van der Waals surface area contributed by atoms with Gasteiger partial charge in [-0.3, -0.25) is 4.79 Å². The molecule has 6 nitrogen and oxygen atoms in total. The number of aliphatic carboxylic acids is 1. The lowest BCUT2D eigenvalue weighted by Crippen LogP contribution is -2.44. The molecule has 88 valence electrons. The normalized spacial score (nSPS) is 21.1. The van der Waals surface area contributed by atoms with Crippen LogP contribution in [-0.4, -0.2) is 30.2 Å².